The first-order valence-corrected chi connectivity index (χ1v) is 12.6. The Bertz CT molecular complexity index is 1270. The Morgan fingerprint density at radius 1 is 1.12 bits per heavy atom. The summed E-state index contributed by atoms with van der Waals surface area (Å²) in [7, 11) is -0.604. The number of benzene rings is 2. The summed E-state index contributed by atoms with van der Waals surface area (Å²) in [6.07, 6.45) is 1.77. The van der Waals surface area contributed by atoms with Gasteiger partial charge in [0, 0.05) is 26.3 Å². The second-order valence-electron chi connectivity index (χ2n) is 7.37. The molecule has 0 atom stereocenters. The molecule has 170 valence electrons. The molecule has 0 saturated carbocycles. The molecule has 0 aliphatic rings. The van der Waals surface area contributed by atoms with Crippen LogP contribution in [0, 0.1) is 0 Å². The van der Waals surface area contributed by atoms with Crippen LogP contribution in [0.2, 0.25) is 0 Å². The highest BCUT2D eigenvalue weighted by molar-refractivity contribution is 7.99. The Balaban J connectivity index is 1.74. The van der Waals surface area contributed by atoms with Gasteiger partial charge in [0.1, 0.15) is 0 Å². The number of carbonyl (C=O) groups excluding carboxylic acids is 1. The maximum atomic E-state index is 12.9. The van der Waals surface area contributed by atoms with Crippen molar-refractivity contribution in [1.82, 2.24) is 13.9 Å². The number of rotatable bonds is 9. The lowest BCUT2D eigenvalue weighted by Crippen LogP contribution is -2.24. The summed E-state index contributed by atoms with van der Waals surface area (Å²) >= 11 is 1.20. The number of carbonyl (C=O) groups is 1. The summed E-state index contributed by atoms with van der Waals surface area (Å²) in [5, 5.41) is 3.82. The number of anilines is 1. The van der Waals surface area contributed by atoms with Crippen LogP contribution in [0.25, 0.3) is 10.9 Å². The van der Waals surface area contributed by atoms with Crippen molar-refractivity contribution in [2.24, 2.45) is 0 Å². The topological polar surface area (TPSA) is 101 Å². The van der Waals surface area contributed by atoms with Gasteiger partial charge in [0.05, 0.1) is 21.6 Å². The molecule has 3 aromatic rings. The summed E-state index contributed by atoms with van der Waals surface area (Å²) in [5.41, 5.74) is 0.985. The molecule has 0 saturated heterocycles. The molecule has 2 aromatic carbocycles. The zero-order valence-corrected chi connectivity index (χ0v) is 19.9. The second-order valence-corrected chi connectivity index (χ2v) is 10.5. The van der Waals surface area contributed by atoms with E-state index in [2.05, 4.69) is 17.2 Å². The van der Waals surface area contributed by atoms with E-state index >= 15 is 0 Å². The Morgan fingerprint density at radius 2 is 1.81 bits per heavy atom. The summed E-state index contributed by atoms with van der Waals surface area (Å²) in [6, 6.07) is 13.2. The van der Waals surface area contributed by atoms with Gasteiger partial charge < -0.3 is 5.32 Å². The van der Waals surface area contributed by atoms with Gasteiger partial charge in [-0.05, 0) is 42.8 Å². The molecule has 1 aromatic heterocycles. The molecule has 1 heterocycles. The molecule has 0 bridgehead atoms. The Kier molecular flexibility index (Phi) is 7.70. The van der Waals surface area contributed by atoms with Gasteiger partial charge >= 0.3 is 0 Å². The van der Waals surface area contributed by atoms with Crippen molar-refractivity contribution in [3.8, 4) is 0 Å². The minimum absolute atomic E-state index is 0.0641. The minimum atomic E-state index is -3.53. The standard InChI is InChI=1S/C22H26N4O4S2/c1-4-5-14-26-21(28)18-8-6-7-9-19(18)24-22(26)31-15-20(27)23-16-10-12-17(13-11-16)32(29,30)25(2)3/h6-13H,4-5,14-15H2,1-3H3,(H,23,27). The van der Waals surface area contributed by atoms with Gasteiger partial charge in [0.2, 0.25) is 15.9 Å². The summed E-state index contributed by atoms with van der Waals surface area (Å²) in [4.78, 5) is 30.1. The quantitative estimate of drug-likeness (QED) is 0.378. The zero-order valence-electron chi connectivity index (χ0n) is 18.2. The monoisotopic (exact) mass is 474 g/mol. The first-order valence-electron chi connectivity index (χ1n) is 10.2. The fourth-order valence-corrected chi connectivity index (χ4v) is 4.75. The molecule has 3 rings (SSSR count). The van der Waals surface area contributed by atoms with Crippen LogP contribution in [0.3, 0.4) is 0 Å². The Morgan fingerprint density at radius 3 is 2.47 bits per heavy atom. The normalized spacial score (nSPS) is 11.8. The molecule has 8 nitrogen and oxygen atoms in total. The maximum Gasteiger partial charge on any atom is 0.262 e. The summed E-state index contributed by atoms with van der Waals surface area (Å²) < 4.78 is 27.1. The number of nitrogens with zero attached hydrogens (tertiary/aromatic N) is 3. The number of unbranched alkanes of at least 4 members (excludes halogenated alkanes) is 1. The number of thioether (sulfide) groups is 1. The predicted octanol–water partition coefficient (Wildman–Crippen LogP) is 3.18. The molecule has 0 spiro atoms. The lowest BCUT2D eigenvalue weighted by molar-refractivity contribution is -0.113. The van der Waals surface area contributed by atoms with Crippen molar-refractivity contribution in [2.75, 3.05) is 25.2 Å². The van der Waals surface area contributed by atoms with Crippen molar-refractivity contribution in [2.45, 2.75) is 36.4 Å². The van der Waals surface area contributed by atoms with Gasteiger partial charge in [-0.2, -0.15) is 0 Å². The molecular weight excluding hydrogens is 448 g/mol. The van der Waals surface area contributed by atoms with E-state index in [-0.39, 0.29) is 22.1 Å². The van der Waals surface area contributed by atoms with E-state index in [1.54, 1.807) is 28.8 Å². The Labute approximate surface area is 191 Å². The average Bonchev–Trinajstić information content (AvgIpc) is 2.77. The van der Waals surface area contributed by atoms with E-state index in [4.69, 9.17) is 0 Å². The molecular formula is C22H26N4O4S2. The van der Waals surface area contributed by atoms with E-state index in [0.717, 1.165) is 17.1 Å². The molecule has 1 N–H and O–H groups in total. The highest BCUT2D eigenvalue weighted by Crippen LogP contribution is 2.20. The number of sulfonamides is 1. The van der Waals surface area contributed by atoms with Crippen molar-refractivity contribution in [1.29, 1.82) is 0 Å². The lowest BCUT2D eigenvalue weighted by Gasteiger charge is -2.13. The van der Waals surface area contributed by atoms with Crippen LogP contribution >= 0.6 is 11.8 Å². The third-order valence-corrected chi connectivity index (χ3v) is 7.62. The van der Waals surface area contributed by atoms with Gasteiger partial charge in [-0.3, -0.25) is 14.2 Å². The molecule has 1 amide bonds. The van der Waals surface area contributed by atoms with Crippen molar-refractivity contribution >= 4 is 44.3 Å². The van der Waals surface area contributed by atoms with Crippen LogP contribution < -0.4 is 10.9 Å². The number of fused-ring (bicyclic) bond motifs is 1. The first kappa shape index (κ1) is 24.0. The first-order chi connectivity index (χ1) is 15.2. The number of aromatic nitrogens is 2. The van der Waals surface area contributed by atoms with E-state index < -0.39 is 10.0 Å². The lowest BCUT2D eigenvalue weighted by atomic mass is 10.2. The van der Waals surface area contributed by atoms with Gasteiger partial charge in [-0.1, -0.05) is 37.2 Å². The maximum absolute atomic E-state index is 12.9. The summed E-state index contributed by atoms with van der Waals surface area (Å²) in [6.45, 7) is 2.59. The van der Waals surface area contributed by atoms with Crippen LogP contribution in [-0.2, 0) is 21.4 Å². The van der Waals surface area contributed by atoms with E-state index in [1.807, 2.05) is 12.1 Å². The molecule has 0 fully saturated rings. The van der Waals surface area contributed by atoms with Crippen molar-refractivity contribution in [3.05, 3.63) is 58.9 Å². The Hall–Kier alpha value is -2.69. The predicted molar refractivity (Wildman–Crippen MR) is 128 cm³/mol. The van der Waals surface area contributed by atoms with Crippen LogP contribution in [0.1, 0.15) is 19.8 Å². The van der Waals surface area contributed by atoms with Crippen molar-refractivity contribution in [3.63, 3.8) is 0 Å². The van der Waals surface area contributed by atoms with E-state index in [0.29, 0.717) is 28.3 Å². The highest BCUT2D eigenvalue weighted by Gasteiger charge is 2.17. The zero-order chi connectivity index (χ0) is 23.3. The molecule has 10 heteroatoms. The van der Waals surface area contributed by atoms with Gasteiger partial charge in [0.25, 0.3) is 5.56 Å². The van der Waals surface area contributed by atoms with E-state index in [9.17, 15) is 18.0 Å². The largest absolute Gasteiger partial charge is 0.325 e. The highest BCUT2D eigenvalue weighted by atomic mass is 32.2. The van der Waals surface area contributed by atoms with Crippen LogP contribution in [-0.4, -0.2) is 48.0 Å². The van der Waals surface area contributed by atoms with Gasteiger partial charge in [0.15, 0.2) is 5.16 Å². The van der Waals surface area contributed by atoms with Gasteiger partial charge in [-0.25, -0.2) is 17.7 Å². The van der Waals surface area contributed by atoms with Crippen molar-refractivity contribution < 1.29 is 13.2 Å². The number of amides is 1. The van der Waals surface area contributed by atoms with Crippen LogP contribution in [0.4, 0.5) is 5.69 Å². The van der Waals surface area contributed by atoms with Gasteiger partial charge in [-0.15, -0.1) is 0 Å². The van der Waals surface area contributed by atoms with Crippen LogP contribution in [0.15, 0.2) is 63.4 Å². The average molecular weight is 475 g/mol. The minimum Gasteiger partial charge on any atom is -0.325 e. The number of para-hydroxylation sites is 1. The van der Waals surface area contributed by atoms with Crippen LogP contribution in [0.5, 0.6) is 0 Å². The molecule has 0 aliphatic carbocycles. The fraction of sp³-hybridized carbons (Fsp3) is 0.318. The molecule has 0 radical (unpaired) electrons. The number of hydrogen-bond donors (Lipinski definition) is 1. The SMILES string of the molecule is CCCCn1c(SCC(=O)Nc2ccc(S(=O)(=O)N(C)C)cc2)nc2ccccc2c1=O. The molecule has 32 heavy (non-hydrogen) atoms. The fourth-order valence-electron chi connectivity index (χ4n) is 3.02. The molecule has 0 aliphatic heterocycles. The number of nitrogens with one attached hydrogen (secondary N) is 1. The van der Waals surface area contributed by atoms with E-state index in [1.165, 1.54) is 38.0 Å². The number of hydrogen-bond acceptors (Lipinski definition) is 6. The smallest absolute Gasteiger partial charge is 0.262 e. The molecule has 0 unspecified atom stereocenters. The third-order valence-electron chi connectivity index (χ3n) is 4.81. The third kappa shape index (κ3) is 5.37. The second kappa shape index (κ2) is 10.3. The summed E-state index contributed by atoms with van der Waals surface area (Å²) in [5.74, 6) is -0.211.